The van der Waals surface area contributed by atoms with Gasteiger partial charge in [-0.05, 0) is 0 Å². The van der Waals surface area contributed by atoms with Crippen molar-refractivity contribution in [2.24, 2.45) is 0 Å². The van der Waals surface area contributed by atoms with Crippen molar-refractivity contribution in [3.8, 4) is 0 Å². The fourth-order valence-corrected chi connectivity index (χ4v) is 3.39. The van der Waals surface area contributed by atoms with Crippen LogP contribution >= 0.6 is 63.1 Å². The van der Waals surface area contributed by atoms with Crippen molar-refractivity contribution >= 4 is 123 Å². The van der Waals surface area contributed by atoms with Gasteiger partial charge in [-0.15, -0.1) is 0 Å². The molecule has 5 amide bonds. The van der Waals surface area contributed by atoms with E-state index in [0.29, 0.717) is 0 Å². The normalized spacial score (nSPS) is 12.2. The van der Waals surface area contributed by atoms with Gasteiger partial charge in [0.2, 0.25) is 29.5 Å². The molecule has 0 radical (unpaired) electrons. The van der Waals surface area contributed by atoms with Crippen molar-refractivity contribution in [3.05, 3.63) is 0 Å². The number of carboxylic acid groups (broad SMARTS) is 5. The molecular formula is C25H45N5O15S5. The van der Waals surface area contributed by atoms with Gasteiger partial charge in [0, 0.05) is 63.4 Å². The van der Waals surface area contributed by atoms with E-state index in [4.69, 9.17) is 25.5 Å². The fraction of sp³-hybridized carbons (Fsp3) is 0.600. The molecule has 0 aromatic rings. The van der Waals surface area contributed by atoms with E-state index >= 15 is 0 Å². The van der Waals surface area contributed by atoms with Gasteiger partial charge in [-0.25, -0.2) is 24.0 Å². The standard InChI is InChI=1S/5C5H9NO3S/c5*1-3(7)6-4(2-10)5(8)9/h5*4,10H,2H2,1H3,(H,6,7)(H,8,9)/t5*4-/m00000/s1. The van der Waals surface area contributed by atoms with E-state index < -0.39 is 60.1 Å². The first-order valence-corrected chi connectivity index (χ1v) is 16.6. The summed E-state index contributed by atoms with van der Waals surface area (Å²) < 4.78 is 0. The van der Waals surface area contributed by atoms with Gasteiger partial charge in [0.15, 0.2) is 0 Å². The lowest BCUT2D eigenvalue weighted by atomic mass is 10.3. The van der Waals surface area contributed by atoms with Crippen LogP contribution < -0.4 is 26.6 Å². The van der Waals surface area contributed by atoms with E-state index in [1.807, 2.05) is 0 Å². The fourth-order valence-electron chi connectivity index (χ4n) is 2.15. The van der Waals surface area contributed by atoms with Gasteiger partial charge in [0.05, 0.1) is 0 Å². The van der Waals surface area contributed by atoms with Gasteiger partial charge in [-0.1, -0.05) is 0 Å². The molecule has 0 spiro atoms. The molecule has 0 rings (SSSR count). The predicted molar refractivity (Wildman–Crippen MR) is 195 cm³/mol. The third kappa shape index (κ3) is 38.9. The van der Waals surface area contributed by atoms with Crippen LogP contribution in [0.25, 0.3) is 0 Å². The van der Waals surface area contributed by atoms with Crippen LogP contribution in [-0.2, 0) is 47.9 Å². The number of hydrogen-bond acceptors (Lipinski definition) is 15. The number of thiol groups is 5. The lowest BCUT2D eigenvalue weighted by Crippen LogP contribution is -2.40. The number of carboxylic acids is 5. The SMILES string of the molecule is CC(=O)N[C@@H](CS)C(=O)O.CC(=O)N[C@@H](CS)C(=O)O.CC(=O)N[C@@H](CS)C(=O)O.CC(=O)N[C@@H](CS)C(=O)O.CC(=O)N[C@@H](CS)C(=O)O. The zero-order chi connectivity index (χ0) is 40.7. The molecule has 0 saturated heterocycles. The molecule has 0 aliphatic carbocycles. The number of rotatable bonds is 15. The van der Waals surface area contributed by atoms with Crippen molar-refractivity contribution < 1.29 is 73.5 Å². The highest BCUT2D eigenvalue weighted by atomic mass is 32.1. The number of nitrogens with one attached hydrogen (secondary N) is 5. The minimum absolute atomic E-state index is 0.106. The van der Waals surface area contributed by atoms with Gasteiger partial charge >= 0.3 is 29.8 Å². The van der Waals surface area contributed by atoms with Crippen molar-refractivity contribution in [1.29, 1.82) is 0 Å². The number of hydrogen-bond donors (Lipinski definition) is 15. The highest BCUT2D eigenvalue weighted by Crippen LogP contribution is 1.90. The molecule has 20 nitrogen and oxygen atoms in total. The Balaban J connectivity index is -0.000000169. The molecule has 5 atom stereocenters. The van der Waals surface area contributed by atoms with E-state index in [1.165, 1.54) is 34.6 Å². The van der Waals surface area contributed by atoms with Crippen molar-refractivity contribution in [3.63, 3.8) is 0 Å². The molecule has 0 aromatic heterocycles. The first-order valence-electron chi connectivity index (χ1n) is 13.4. The quantitative estimate of drug-likeness (QED) is 0.0762. The van der Waals surface area contributed by atoms with Crippen molar-refractivity contribution in [2.75, 3.05) is 28.8 Å². The summed E-state index contributed by atoms with van der Waals surface area (Å²) in [5, 5.41) is 52.9. The Morgan fingerprint density at radius 2 is 0.440 bits per heavy atom. The van der Waals surface area contributed by atoms with Gasteiger partial charge in [0.1, 0.15) is 30.2 Å². The average Bonchev–Trinajstić information content (AvgIpc) is 2.98. The van der Waals surface area contributed by atoms with Gasteiger partial charge in [0.25, 0.3) is 0 Å². The second kappa shape index (κ2) is 33.9. The summed E-state index contributed by atoms with van der Waals surface area (Å²) in [7, 11) is 0. The molecule has 0 saturated carbocycles. The average molecular weight is 816 g/mol. The molecule has 290 valence electrons. The van der Waals surface area contributed by atoms with Crippen LogP contribution in [0, 0.1) is 0 Å². The third-order valence-electron chi connectivity index (χ3n) is 4.29. The monoisotopic (exact) mass is 815 g/mol. The van der Waals surface area contributed by atoms with Crippen LogP contribution in [0.4, 0.5) is 0 Å². The number of carbonyl (C=O) groups excluding carboxylic acids is 5. The molecule has 0 aromatic carbocycles. The lowest BCUT2D eigenvalue weighted by molar-refractivity contribution is -0.141. The molecule has 10 N–H and O–H groups in total. The summed E-state index contributed by atoms with van der Waals surface area (Å²) in [6, 6.07) is -4.37. The summed E-state index contributed by atoms with van der Waals surface area (Å²) in [6.07, 6.45) is 0. The van der Waals surface area contributed by atoms with E-state index in [9.17, 15) is 47.9 Å². The molecule has 0 aliphatic rings. The van der Waals surface area contributed by atoms with Crippen molar-refractivity contribution in [1.82, 2.24) is 26.6 Å². The second-order valence-electron chi connectivity index (χ2n) is 8.87. The Kier molecular flexibility index (Phi) is 37.9. The molecule has 50 heavy (non-hydrogen) atoms. The van der Waals surface area contributed by atoms with E-state index in [1.54, 1.807) is 0 Å². The molecule has 0 bridgehead atoms. The first-order chi connectivity index (χ1) is 22.9. The Morgan fingerprint density at radius 3 is 0.460 bits per heavy atom. The highest BCUT2D eigenvalue weighted by molar-refractivity contribution is 7.81. The molecule has 0 heterocycles. The van der Waals surface area contributed by atoms with Gasteiger partial charge in [-0.3, -0.25) is 24.0 Å². The van der Waals surface area contributed by atoms with E-state index in [2.05, 4.69) is 89.7 Å². The van der Waals surface area contributed by atoms with Crippen LogP contribution in [0.5, 0.6) is 0 Å². The zero-order valence-electron chi connectivity index (χ0n) is 27.5. The van der Waals surface area contributed by atoms with Gasteiger partial charge < -0.3 is 52.1 Å². The van der Waals surface area contributed by atoms with Crippen LogP contribution in [0.15, 0.2) is 0 Å². The Bertz CT molecular complexity index is 937. The third-order valence-corrected chi connectivity index (χ3v) is 6.12. The summed E-state index contributed by atoms with van der Waals surface area (Å²) in [4.78, 5) is 103. The molecule has 0 unspecified atom stereocenters. The Morgan fingerprint density at radius 1 is 0.340 bits per heavy atom. The molecule has 0 fully saturated rings. The largest absolute Gasteiger partial charge is 0.480 e. The molecular weight excluding hydrogens is 771 g/mol. The maximum atomic E-state index is 10.3. The van der Waals surface area contributed by atoms with Gasteiger partial charge in [-0.2, -0.15) is 63.1 Å². The summed E-state index contributed by atoms with van der Waals surface area (Å²) in [5.41, 5.74) is 0. The zero-order valence-corrected chi connectivity index (χ0v) is 31.9. The number of carbonyl (C=O) groups is 10. The lowest BCUT2D eigenvalue weighted by Gasteiger charge is -2.08. The maximum absolute atomic E-state index is 10.3. The second-order valence-corrected chi connectivity index (χ2v) is 10.7. The smallest absolute Gasteiger partial charge is 0.327 e. The summed E-state index contributed by atoms with van der Waals surface area (Å²) >= 11 is 18.7. The van der Waals surface area contributed by atoms with E-state index in [0.717, 1.165) is 0 Å². The van der Waals surface area contributed by atoms with Crippen LogP contribution in [0.3, 0.4) is 0 Å². The highest BCUT2D eigenvalue weighted by Gasteiger charge is 2.18. The minimum atomic E-state index is -1.06. The van der Waals surface area contributed by atoms with Crippen LogP contribution in [0.2, 0.25) is 0 Å². The minimum Gasteiger partial charge on any atom is -0.480 e. The molecule has 0 aliphatic heterocycles. The topological polar surface area (TPSA) is 332 Å². The Hall–Kier alpha value is -3.55. The number of aliphatic carboxylic acids is 5. The maximum Gasteiger partial charge on any atom is 0.327 e. The van der Waals surface area contributed by atoms with Crippen molar-refractivity contribution in [2.45, 2.75) is 64.8 Å². The first kappa shape index (κ1) is 55.8. The van der Waals surface area contributed by atoms with E-state index in [-0.39, 0.29) is 58.3 Å². The van der Waals surface area contributed by atoms with Crippen LogP contribution in [-0.4, -0.2) is 144 Å². The summed E-state index contributed by atoms with van der Waals surface area (Å²) in [6.45, 7) is 6.32. The molecule has 25 heteroatoms. The Labute approximate surface area is 315 Å². The summed E-state index contributed by atoms with van der Waals surface area (Å²) in [5.74, 6) is -6.59. The van der Waals surface area contributed by atoms with Crippen LogP contribution in [0.1, 0.15) is 34.6 Å². The number of amides is 5. The predicted octanol–water partition coefficient (Wildman–Crippen LogP) is -2.47.